The van der Waals surface area contributed by atoms with Gasteiger partial charge in [0.05, 0.1) is 11.1 Å². The number of hydrogen-bond donors (Lipinski definition) is 0. The summed E-state index contributed by atoms with van der Waals surface area (Å²) < 4.78 is 8.05. The van der Waals surface area contributed by atoms with Crippen LogP contribution < -0.4 is 73.5 Å². The molecule has 1 spiro atoms. The molecule has 2 aliphatic carbocycles. The van der Waals surface area contributed by atoms with Gasteiger partial charge in [0.2, 0.25) is 0 Å². The second kappa shape index (κ2) is 21.4. The summed E-state index contributed by atoms with van der Waals surface area (Å²) in [6, 6.07) is 135. The Hall–Kier alpha value is -13.3. The molecule has 5 nitrogen and oxygen atoms in total. The van der Waals surface area contributed by atoms with E-state index >= 15 is 0 Å². The molecule has 6 heterocycles. The van der Waals surface area contributed by atoms with Crippen LogP contribution >= 0.6 is 0 Å². The van der Waals surface area contributed by atoms with Gasteiger partial charge in [0.15, 0.2) is 0 Å². The molecule has 0 unspecified atom stereocenters. The molecule has 0 amide bonds. The SMILES string of the molecule is c1ccc(-c2cccc(-c3ccccc3)c2N2c3cc4c(cc3B3c5ccccc5N5c6ccccc6B6c7ccccc7N(c7ccccc7)c7cc2c3c5c76)B2c3ccccc3N(c3ccccc3)c3cc(-c5ccc6c(c5)-c5ccccc5C65c6ccccc6-c6ccccc65)cc(c32)O4)cc1. The van der Waals surface area contributed by atoms with E-state index in [1.165, 1.54) is 105 Å². The Balaban J connectivity index is 0.794. The fourth-order valence-corrected chi connectivity index (χ4v) is 20.3. The highest BCUT2D eigenvalue weighted by molar-refractivity contribution is 7.05. The average Bonchev–Trinajstić information content (AvgIpc) is 1.67. The van der Waals surface area contributed by atoms with E-state index in [-0.39, 0.29) is 20.1 Å². The fourth-order valence-electron chi connectivity index (χ4n) is 20.3. The molecule has 16 aromatic carbocycles. The zero-order valence-electron chi connectivity index (χ0n) is 57.0. The van der Waals surface area contributed by atoms with Gasteiger partial charge in [-0.15, -0.1) is 0 Å². The van der Waals surface area contributed by atoms with Gasteiger partial charge in [0, 0.05) is 79.8 Å². The molecule has 16 aromatic rings. The average molecular weight is 1330 g/mol. The fraction of sp³-hybridized carbons (Fsp3) is 0.0103. The topological polar surface area (TPSA) is 22.2 Å². The lowest BCUT2D eigenvalue weighted by Crippen LogP contribution is -2.69. The summed E-state index contributed by atoms with van der Waals surface area (Å²) >= 11 is 0. The van der Waals surface area contributed by atoms with Crippen LogP contribution in [0.15, 0.2) is 358 Å². The molecule has 0 saturated heterocycles. The molecule has 482 valence electrons. The van der Waals surface area contributed by atoms with Gasteiger partial charge in [-0.25, -0.2) is 0 Å². The molecule has 0 atom stereocenters. The van der Waals surface area contributed by atoms with E-state index < -0.39 is 5.41 Å². The number of fused-ring (bicyclic) bond motifs is 24. The molecular weight excluding hydrogens is 1270 g/mol. The molecule has 0 fully saturated rings. The second-order valence-corrected chi connectivity index (χ2v) is 29.2. The van der Waals surface area contributed by atoms with Crippen LogP contribution in [0.3, 0.4) is 0 Å². The third kappa shape index (κ3) is 7.59. The Bertz CT molecular complexity index is 6350. The smallest absolute Gasteiger partial charge is 0.256 e. The molecule has 0 bridgehead atoms. The minimum absolute atomic E-state index is 0.0595. The second-order valence-electron chi connectivity index (χ2n) is 29.2. The largest absolute Gasteiger partial charge is 0.458 e. The summed E-state index contributed by atoms with van der Waals surface area (Å²) in [6.45, 7) is -0.477. The molecule has 8 heteroatoms. The van der Waals surface area contributed by atoms with E-state index in [2.05, 4.69) is 378 Å². The van der Waals surface area contributed by atoms with Crippen molar-refractivity contribution < 1.29 is 4.74 Å². The molecule has 6 aliphatic heterocycles. The van der Waals surface area contributed by atoms with Crippen LogP contribution in [0.25, 0.3) is 55.6 Å². The van der Waals surface area contributed by atoms with Gasteiger partial charge in [-0.3, -0.25) is 0 Å². The van der Waals surface area contributed by atoms with Crippen molar-refractivity contribution in [2.75, 3.05) is 19.6 Å². The summed E-state index contributed by atoms with van der Waals surface area (Å²) in [5, 5.41) is 0. The van der Waals surface area contributed by atoms with Crippen LogP contribution in [0, 0.1) is 0 Å². The van der Waals surface area contributed by atoms with E-state index in [0.29, 0.717) is 0 Å². The molecule has 0 N–H and O–H groups in total. The summed E-state index contributed by atoms with van der Waals surface area (Å²) in [7, 11) is 0. The summed E-state index contributed by atoms with van der Waals surface area (Å²) in [6.07, 6.45) is 0. The first kappa shape index (κ1) is 57.4. The molecule has 0 radical (unpaired) electrons. The minimum atomic E-state index is -0.458. The number of hydrogen-bond acceptors (Lipinski definition) is 5. The number of ether oxygens (including phenoxy) is 1. The Labute approximate surface area is 610 Å². The predicted octanol–water partition coefficient (Wildman–Crippen LogP) is 18.1. The third-order valence-corrected chi connectivity index (χ3v) is 24.3. The van der Waals surface area contributed by atoms with Gasteiger partial charge in [-0.05, 0) is 189 Å². The first-order valence-corrected chi connectivity index (χ1v) is 36.7. The number of anilines is 12. The lowest BCUT2D eigenvalue weighted by molar-refractivity contribution is 0.488. The van der Waals surface area contributed by atoms with Crippen molar-refractivity contribution in [3.05, 3.63) is 380 Å². The maximum Gasteiger partial charge on any atom is 0.256 e. The highest BCUT2D eigenvalue weighted by Gasteiger charge is 2.55. The predicted molar refractivity (Wildman–Crippen MR) is 438 cm³/mol. The highest BCUT2D eigenvalue weighted by Crippen LogP contribution is 2.64. The summed E-state index contributed by atoms with van der Waals surface area (Å²) in [5.41, 5.74) is 41.7. The summed E-state index contributed by atoms with van der Waals surface area (Å²) in [4.78, 5) is 10.4. The Morgan fingerprint density at radius 2 is 0.610 bits per heavy atom. The molecule has 105 heavy (non-hydrogen) atoms. The Kier molecular flexibility index (Phi) is 11.7. The van der Waals surface area contributed by atoms with Gasteiger partial charge in [-0.2, -0.15) is 0 Å². The van der Waals surface area contributed by atoms with Crippen molar-refractivity contribution in [1.82, 2.24) is 0 Å². The maximum atomic E-state index is 8.05. The third-order valence-electron chi connectivity index (χ3n) is 24.3. The molecular formula is C97H59B3N4O. The quantitative estimate of drug-likeness (QED) is 0.154. The van der Waals surface area contributed by atoms with E-state index in [4.69, 9.17) is 4.74 Å². The van der Waals surface area contributed by atoms with Crippen molar-refractivity contribution in [1.29, 1.82) is 0 Å². The van der Waals surface area contributed by atoms with Crippen molar-refractivity contribution in [2.45, 2.75) is 5.41 Å². The monoisotopic (exact) mass is 1330 g/mol. The van der Waals surface area contributed by atoms with Gasteiger partial charge >= 0.3 is 0 Å². The normalized spacial score (nSPS) is 14.3. The van der Waals surface area contributed by atoms with Gasteiger partial charge in [0.25, 0.3) is 20.1 Å². The van der Waals surface area contributed by atoms with Crippen molar-refractivity contribution in [3.63, 3.8) is 0 Å². The van der Waals surface area contributed by atoms with Crippen LogP contribution in [0.2, 0.25) is 0 Å². The Morgan fingerprint density at radius 3 is 1.14 bits per heavy atom. The first-order chi connectivity index (χ1) is 52.2. The van der Waals surface area contributed by atoms with E-state index in [1.54, 1.807) is 0 Å². The zero-order chi connectivity index (χ0) is 68.3. The van der Waals surface area contributed by atoms with E-state index in [9.17, 15) is 0 Å². The number of para-hydroxylation sites is 7. The molecule has 0 saturated carbocycles. The molecule has 24 rings (SSSR count). The van der Waals surface area contributed by atoms with Crippen LogP contribution in [0.4, 0.5) is 68.2 Å². The highest BCUT2D eigenvalue weighted by atomic mass is 16.5. The number of benzene rings is 16. The standard InChI is InChI=1S/C97H59B3N4O/c1-5-28-60(29-6-1)66-39-27-40-67(61-30-7-2-8-31-61)95(66)104-86-59-90-81(57-80(86)99-79-47-22-26-51-85(79)103-84-50-25-21-46-78(84)98-76-44-19-23-48-82(76)102(65-34-11-4-12-35-65)88-58-89(104)94(99)96(103)93(88)98)100-77-45-20-24-49-83(77)101(64-32-9-3-10-33-64)87-55-63(56-91(105-90)92(87)100)62-52-53-75-71(54-62)70-38-15-18-43-74(70)97(75)72-41-16-13-36-68(72)69-37-14-17-42-73(69)97/h1-59H. The maximum absolute atomic E-state index is 8.05. The molecule has 8 aliphatic rings. The Morgan fingerprint density at radius 1 is 0.210 bits per heavy atom. The van der Waals surface area contributed by atoms with Crippen LogP contribution in [0.1, 0.15) is 22.3 Å². The van der Waals surface area contributed by atoms with Crippen LogP contribution in [-0.2, 0) is 5.41 Å². The first-order valence-electron chi connectivity index (χ1n) is 36.7. The van der Waals surface area contributed by atoms with Gasteiger partial charge < -0.3 is 24.3 Å². The van der Waals surface area contributed by atoms with Gasteiger partial charge in [-0.1, -0.05) is 279 Å². The lowest BCUT2D eigenvalue weighted by atomic mass is 9.28. The van der Waals surface area contributed by atoms with Crippen LogP contribution in [-0.4, -0.2) is 20.1 Å². The molecule has 0 aromatic heterocycles. The minimum Gasteiger partial charge on any atom is -0.458 e. The van der Waals surface area contributed by atoms with Crippen molar-refractivity contribution >= 4 is 138 Å². The van der Waals surface area contributed by atoms with E-state index in [0.717, 1.165) is 101 Å². The zero-order valence-corrected chi connectivity index (χ0v) is 57.0. The van der Waals surface area contributed by atoms with Crippen LogP contribution in [0.5, 0.6) is 11.5 Å². The summed E-state index contributed by atoms with van der Waals surface area (Å²) in [5.74, 6) is 1.69. The van der Waals surface area contributed by atoms with Crippen molar-refractivity contribution in [3.8, 4) is 67.1 Å². The van der Waals surface area contributed by atoms with Gasteiger partial charge in [0.1, 0.15) is 11.5 Å². The van der Waals surface area contributed by atoms with Crippen molar-refractivity contribution in [2.24, 2.45) is 0 Å². The number of nitrogens with zero attached hydrogens (tertiary/aromatic N) is 4. The number of rotatable bonds is 6. The lowest BCUT2D eigenvalue weighted by Gasteiger charge is -2.51. The van der Waals surface area contributed by atoms with E-state index in [1.807, 2.05) is 0 Å².